The Morgan fingerprint density at radius 3 is 2.35 bits per heavy atom. The first-order valence-corrected chi connectivity index (χ1v) is 10.1. The van der Waals surface area contributed by atoms with Gasteiger partial charge in [-0.3, -0.25) is 9.59 Å². The Kier molecular flexibility index (Phi) is 6.08. The van der Waals surface area contributed by atoms with Gasteiger partial charge in [-0.1, -0.05) is 6.92 Å². The van der Waals surface area contributed by atoms with Crippen LogP contribution in [-0.4, -0.2) is 48.8 Å². The normalized spacial score (nSPS) is 17.7. The molecule has 1 fully saturated rings. The highest BCUT2D eigenvalue weighted by Crippen LogP contribution is 2.28. The second-order valence-electron chi connectivity index (χ2n) is 7.04. The average Bonchev–Trinajstić information content (AvgIpc) is 2.57. The Balaban J connectivity index is 2.38. The number of carbonyl (C=O) groups excluding carboxylic acids is 1. The molecule has 0 spiro atoms. The highest BCUT2D eigenvalue weighted by Gasteiger charge is 2.30. The first-order chi connectivity index (χ1) is 12.0. The van der Waals surface area contributed by atoms with Gasteiger partial charge in [0, 0.05) is 18.7 Å². The topological polar surface area (TPSA) is 104 Å². The van der Waals surface area contributed by atoms with Crippen LogP contribution in [0.5, 0.6) is 0 Å². The summed E-state index contributed by atoms with van der Waals surface area (Å²) < 4.78 is 27.6. The number of rotatable bonds is 5. The molecular weight excluding hydrogens is 356 g/mol. The SMILES string of the molecule is Cc1cc(C(=O)NC(C)C(=O)O)cc(S(=O)(=O)N2CCC(C)CC2)c1C. The summed E-state index contributed by atoms with van der Waals surface area (Å²) in [6.45, 7) is 7.85. The van der Waals surface area contributed by atoms with E-state index in [1.165, 1.54) is 17.3 Å². The maximum atomic E-state index is 13.1. The Morgan fingerprint density at radius 1 is 1.23 bits per heavy atom. The fraction of sp³-hybridized carbons (Fsp3) is 0.556. The zero-order chi connectivity index (χ0) is 19.6. The van der Waals surface area contributed by atoms with Crippen LogP contribution in [0.4, 0.5) is 0 Å². The molecule has 0 radical (unpaired) electrons. The van der Waals surface area contributed by atoms with Gasteiger partial charge in [-0.2, -0.15) is 4.31 Å². The van der Waals surface area contributed by atoms with Gasteiger partial charge in [0.15, 0.2) is 0 Å². The van der Waals surface area contributed by atoms with Crippen molar-refractivity contribution in [1.82, 2.24) is 9.62 Å². The molecule has 8 heteroatoms. The molecule has 1 heterocycles. The molecule has 1 aliphatic rings. The molecule has 26 heavy (non-hydrogen) atoms. The minimum absolute atomic E-state index is 0.111. The number of nitrogens with zero attached hydrogens (tertiary/aromatic N) is 1. The van der Waals surface area contributed by atoms with E-state index >= 15 is 0 Å². The molecule has 1 amide bonds. The molecule has 144 valence electrons. The quantitative estimate of drug-likeness (QED) is 0.810. The number of nitrogens with one attached hydrogen (secondary N) is 1. The van der Waals surface area contributed by atoms with Gasteiger partial charge in [-0.25, -0.2) is 8.42 Å². The molecule has 1 aliphatic heterocycles. The highest BCUT2D eigenvalue weighted by atomic mass is 32.2. The van der Waals surface area contributed by atoms with E-state index in [9.17, 15) is 18.0 Å². The Morgan fingerprint density at radius 2 is 1.81 bits per heavy atom. The lowest BCUT2D eigenvalue weighted by Crippen LogP contribution is -2.39. The third-order valence-corrected chi connectivity index (χ3v) is 6.99. The first kappa shape index (κ1) is 20.4. The van der Waals surface area contributed by atoms with Crippen LogP contribution in [0.1, 0.15) is 48.2 Å². The predicted molar refractivity (Wildman–Crippen MR) is 97.6 cm³/mol. The van der Waals surface area contributed by atoms with E-state index in [1.54, 1.807) is 19.9 Å². The molecule has 1 atom stereocenters. The lowest BCUT2D eigenvalue weighted by Gasteiger charge is -2.30. The number of carboxylic acids is 1. The minimum atomic E-state index is -3.70. The maximum Gasteiger partial charge on any atom is 0.325 e. The van der Waals surface area contributed by atoms with Crippen molar-refractivity contribution in [1.29, 1.82) is 0 Å². The van der Waals surface area contributed by atoms with Crippen LogP contribution in [0.25, 0.3) is 0 Å². The zero-order valence-corrected chi connectivity index (χ0v) is 16.4. The molecule has 0 aliphatic carbocycles. The number of benzene rings is 1. The van der Waals surface area contributed by atoms with E-state index in [1.807, 2.05) is 0 Å². The summed E-state index contributed by atoms with van der Waals surface area (Å²) in [4.78, 5) is 23.4. The Bertz CT molecular complexity index is 811. The van der Waals surface area contributed by atoms with E-state index < -0.39 is 27.9 Å². The number of carbonyl (C=O) groups is 2. The third kappa shape index (κ3) is 4.24. The number of amides is 1. The van der Waals surface area contributed by atoms with Crippen molar-refractivity contribution < 1.29 is 23.1 Å². The van der Waals surface area contributed by atoms with Crippen LogP contribution in [0.15, 0.2) is 17.0 Å². The van der Waals surface area contributed by atoms with Gasteiger partial charge in [0.05, 0.1) is 4.90 Å². The summed E-state index contributed by atoms with van der Waals surface area (Å²) in [6.07, 6.45) is 1.63. The van der Waals surface area contributed by atoms with Crippen molar-refractivity contribution in [2.75, 3.05) is 13.1 Å². The lowest BCUT2D eigenvalue weighted by molar-refractivity contribution is -0.138. The number of aliphatic carboxylic acids is 1. The molecule has 2 N–H and O–H groups in total. The number of sulfonamides is 1. The van der Waals surface area contributed by atoms with Gasteiger partial charge in [0.1, 0.15) is 6.04 Å². The summed E-state index contributed by atoms with van der Waals surface area (Å²) >= 11 is 0. The third-order valence-electron chi connectivity index (χ3n) is 4.96. The maximum absolute atomic E-state index is 13.1. The lowest BCUT2D eigenvalue weighted by atomic mass is 10.0. The van der Waals surface area contributed by atoms with E-state index in [4.69, 9.17) is 5.11 Å². The highest BCUT2D eigenvalue weighted by molar-refractivity contribution is 7.89. The van der Waals surface area contributed by atoms with Gasteiger partial charge < -0.3 is 10.4 Å². The van der Waals surface area contributed by atoms with Crippen molar-refractivity contribution in [3.8, 4) is 0 Å². The Hall–Kier alpha value is -1.93. The van der Waals surface area contributed by atoms with Crippen LogP contribution < -0.4 is 5.32 Å². The summed E-state index contributed by atoms with van der Waals surface area (Å²) in [7, 11) is -3.70. The van der Waals surface area contributed by atoms with E-state index in [0.29, 0.717) is 30.1 Å². The second-order valence-corrected chi connectivity index (χ2v) is 8.94. The first-order valence-electron chi connectivity index (χ1n) is 8.69. The smallest absolute Gasteiger partial charge is 0.325 e. The molecule has 1 aromatic rings. The van der Waals surface area contributed by atoms with Crippen molar-refractivity contribution >= 4 is 21.9 Å². The number of hydrogen-bond donors (Lipinski definition) is 2. The van der Waals surface area contributed by atoms with Gasteiger partial charge in [-0.15, -0.1) is 0 Å². The molecule has 0 aromatic heterocycles. The largest absolute Gasteiger partial charge is 0.480 e. The van der Waals surface area contributed by atoms with Crippen LogP contribution >= 0.6 is 0 Å². The number of carboxylic acid groups (broad SMARTS) is 1. The zero-order valence-electron chi connectivity index (χ0n) is 15.6. The van der Waals surface area contributed by atoms with E-state index in [2.05, 4.69) is 12.2 Å². The van der Waals surface area contributed by atoms with Gasteiger partial charge in [-0.05, 0) is 62.8 Å². The number of aryl methyl sites for hydroxylation is 1. The van der Waals surface area contributed by atoms with Crippen molar-refractivity contribution in [2.24, 2.45) is 5.92 Å². The molecule has 1 unspecified atom stereocenters. The molecule has 0 bridgehead atoms. The van der Waals surface area contributed by atoms with Crippen molar-refractivity contribution in [3.63, 3.8) is 0 Å². The second kappa shape index (κ2) is 7.75. The summed E-state index contributed by atoms with van der Waals surface area (Å²) in [5.41, 5.74) is 1.42. The molecule has 1 aromatic carbocycles. The minimum Gasteiger partial charge on any atom is -0.480 e. The molecule has 0 saturated carbocycles. The van der Waals surface area contributed by atoms with Gasteiger partial charge in [0.25, 0.3) is 5.91 Å². The fourth-order valence-corrected chi connectivity index (χ4v) is 4.73. The van der Waals surface area contributed by atoms with Crippen LogP contribution in [-0.2, 0) is 14.8 Å². The molecule has 1 saturated heterocycles. The average molecular weight is 382 g/mol. The van der Waals surface area contributed by atoms with Crippen LogP contribution in [0, 0.1) is 19.8 Å². The van der Waals surface area contributed by atoms with Crippen LogP contribution in [0.3, 0.4) is 0 Å². The van der Waals surface area contributed by atoms with Gasteiger partial charge in [0.2, 0.25) is 10.0 Å². The Labute approximate surface area is 154 Å². The molecular formula is C18H26N2O5S. The summed E-state index contributed by atoms with van der Waals surface area (Å²) in [5, 5.41) is 11.3. The van der Waals surface area contributed by atoms with Crippen LogP contribution in [0.2, 0.25) is 0 Å². The van der Waals surface area contributed by atoms with E-state index in [-0.39, 0.29) is 10.5 Å². The van der Waals surface area contributed by atoms with Crippen molar-refractivity contribution in [3.05, 3.63) is 28.8 Å². The molecule has 2 rings (SSSR count). The number of hydrogen-bond acceptors (Lipinski definition) is 4. The van der Waals surface area contributed by atoms with Gasteiger partial charge >= 0.3 is 5.97 Å². The molecule has 7 nitrogen and oxygen atoms in total. The van der Waals surface area contributed by atoms with Crippen molar-refractivity contribution in [2.45, 2.75) is 51.5 Å². The standard InChI is InChI=1S/C18H26N2O5S/c1-11-5-7-20(8-6-11)26(24,25)16-10-15(9-12(2)13(16)3)17(21)19-14(4)18(22)23/h9-11,14H,5-8H2,1-4H3,(H,19,21)(H,22,23). The summed E-state index contributed by atoms with van der Waals surface area (Å²) in [5.74, 6) is -1.26. The predicted octanol–water partition coefficient (Wildman–Crippen LogP) is 1.93. The monoisotopic (exact) mass is 382 g/mol. The fourth-order valence-electron chi connectivity index (χ4n) is 2.93. The number of piperidine rings is 1. The van der Waals surface area contributed by atoms with E-state index in [0.717, 1.165) is 12.8 Å². The summed E-state index contributed by atoms with van der Waals surface area (Å²) in [6, 6.07) is 1.86.